The Bertz CT molecular complexity index is 961. The van der Waals surface area contributed by atoms with Gasteiger partial charge in [-0.05, 0) is 31.2 Å². The summed E-state index contributed by atoms with van der Waals surface area (Å²) >= 11 is 0. The van der Waals surface area contributed by atoms with E-state index in [-0.39, 0.29) is 11.9 Å². The van der Waals surface area contributed by atoms with Crippen molar-refractivity contribution in [3.63, 3.8) is 0 Å². The molecule has 0 aliphatic heterocycles. The van der Waals surface area contributed by atoms with E-state index in [0.29, 0.717) is 17.1 Å². The molecule has 1 aromatic carbocycles. The van der Waals surface area contributed by atoms with Crippen LogP contribution in [0.2, 0.25) is 0 Å². The molecule has 110 valence electrons. The van der Waals surface area contributed by atoms with Crippen LogP contribution in [0, 0.1) is 5.82 Å². The zero-order valence-corrected chi connectivity index (χ0v) is 11.7. The number of nitrogens with zero attached hydrogens (tertiary/aromatic N) is 4. The van der Waals surface area contributed by atoms with Crippen LogP contribution in [0.5, 0.6) is 0 Å². The average molecular weight is 297 g/mol. The number of oxazole rings is 1. The highest BCUT2D eigenvalue weighted by molar-refractivity contribution is 5.74. The monoisotopic (exact) mass is 297 g/mol. The van der Waals surface area contributed by atoms with Gasteiger partial charge in [0.05, 0.1) is 6.04 Å². The third kappa shape index (κ3) is 2.07. The van der Waals surface area contributed by atoms with Gasteiger partial charge in [0, 0.05) is 12.3 Å². The maximum atomic E-state index is 13.2. The number of anilines is 1. The first-order valence-electron chi connectivity index (χ1n) is 6.83. The second-order valence-electron chi connectivity index (χ2n) is 4.98. The number of pyridine rings is 1. The van der Waals surface area contributed by atoms with Crippen molar-refractivity contribution in [3.05, 3.63) is 54.2 Å². The summed E-state index contributed by atoms with van der Waals surface area (Å²) in [6, 6.07) is 10.1. The molecule has 0 aliphatic rings. The van der Waals surface area contributed by atoms with Gasteiger partial charge >= 0.3 is 0 Å². The molecule has 0 bridgehead atoms. The van der Waals surface area contributed by atoms with Gasteiger partial charge in [-0.3, -0.25) is 4.40 Å². The van der Waals surface area contributed by atoms with Crippen molar-refractivity contribution in [2.45, 2.75) is 13.0 Å². The van der Waals surface area contributed by atoms with Crippen LogP contribution >= 0.6 is 0 Å². The van der Waals surface area contributed by atoms with Crippen LogP contribution in [0.25, 0.3) is 16.7 Å². The first kappa shape index (κ1) is 12.8. The normalized spacial score (nSPS) is 12.8. The van der Waals surface area contributed by atoms with E-state index in [2.05, 4.69) is 20.5 Å². The number of hydrogen-bond donors (Lipinski definition) is 1. The zero-order valence-electron chi connectivity index (χ0n) is 11.7. The molecule has 4 rings (SSSR count). The highest BCUT2D eigenvalue weighted by Crippen LogP contribution is 2.23. The number of fused-ring (bicyclic) bond motifs is 2. The van der Waals surface area contributed by atoms with Crippen LogP contribution in [0.3, 0.4) is 0 Å². The van der Waals surface area contributed by atoms with Crippen LogP contribution in [-0.4, -0.2) is 19.6 Å². The molecule has 1 N–H and O–H groups in total. The largest absolute Gasteiger partial charge is 0.424 e. The molecule has 0 spiro atoms. The van der Waals surface area contributed by atoms with E-state index in [9.17, 15) is 4.39 Å². The molecule has 0 saturated heterocycles. The molecule has 4 aromatic rings. The van der Waals surface area contributed by atoms with Gasteiger partial charge in [-0.1, -0.05) is 6.07 Å². The van der Waals surface area contributed by atoms with Crippen molar-refractivity contribution in [2.75, 3.05) is 5.32 Å². The van der Waals surface area contributed by atoms with Crippen LogP contribution in [0.15, 0.2) is 47.0 Å². The minimum absolute atomic E-state index is 0.171. The molecular weight excluding hydrogens is 285 g/mol. The smallest absolute Gasteiger partial charge is 0.296 e. The molecular formula is C15H12FN5O. The van der Waals surface area contributed by atoms with Gasteiger partial charge in [0.15, 0.2) is 17.1 Å². The lowest BCUT2D eigenvalue weighted by atomic mass is 10.3. The van der Waals surface area contributed by atoms with Gasteiger partial charge in [-0.15, -0.1) is 10.2 Å². The van der Waals surface area contributed by atoms with E-state index in [0.717, 1.165) is 11.5 Å². The molecule has 1 atom stereocenters. The van der Waals surface area contributed by atoms with Gasteiger partial charge in [-0.2, -0.15) is 4.98 Å². The number of nitrogens with one attached hydrogen (secondary N) is 1. The van der Waals surface area contributed by atoms with E-state index < -0.39 is 0 Å². The maximum absolute atomic E-state index is 13.2. The summed E-state index contributed by atoms with van der Waals surface area (Å²) < 4.78 is 20.6. The van der Waals surface area contributed by atoms with E-state index in [1.54, 1.807) is 6.07 Å². The molecule has 3 heterocycles. The summed E-state index contributed by atoms with van der Waals surface area (Å²) in [5.41, 5.74) is 1.77. The summed E-state index contributed by atoms with van der Waals surface area (Å²) in [5.74, 6) is 0.396. The lowest BCUT2D eigenvalue weighted by Crippen LogP contribution is -2.10. The molecule has 7 heteroatoms. The number of rotatable bonds is 3. The average Bonchev–Trinajstić information content (AvgIpc) is 3.09. The van der Waals surface area contributed by atoms with Gasteiger partial charge in [0.1, 0.15) is 11.3 Å². The summed E-state index contributed by atoms with van der Waals surface area (Å²) in [5, 5.41) is 11.4. The van der Waals surface area contributed by atoms with Crippen molar-refractivity contribution in [1.82, 2.24) is 19.6 Å². The van der Waals surface area contributed by atoms with E-state index in [4.69, 9.17) is 4.42 Å². The van der Waals surface area contributed by atoms with E-state index >= 15 is 0 Å². The number of hydrogen-bond acceptors (Lipinski definition) is 5. The predicted octanol–water partition coefficient (Wildman–Crippen LogP) is 3.18. The van der Waals surface area contributed by atoms with Gasteiger partial charge < -0.3 is 9.73 Å². The lowest BCUT2D eigenvalue weighted by Gasteiger charge is -2.09. The van der Waals surface area contributed by atoms with Crippen molar-refractivity contribution in [3.8, 4) is 0 Å². The van der Waals surface area contributed by atoms with Crippen LogP contribution < -0.4 is 5.32 Å². The lowest BCUT2D eigenvalue weighted by molar-refractivity contribution is 0.596. The van der Waals surface area contributed by atoms with Crippen LogP contribution in [0.4, 0.5) is 10.4 Å². The zero-order chi connectivity index (χ0) is 15.1. The molecule has 0 fully saturated rings. The maximum Gasteiger partial charge on any atom is 0.296 e. The molecule has 22 heavy (non-hydrogen) atoms. The Morgan fingerprint density at radius 3 is 3.05 bits per heavy atom. The van der Waals surface area contributed by atoms with Crippen molar-refractivity contribution in [1.29, 1.82) is 0 Å². The summed E-state index contributed by atoms with van der Waals surface area (Å²) in [6.07, 6.45) is 1.89. The molecule has 0 aliphatic carbocycles. The molecule has 0 amide bonds. The molecule has 0 radical (unpaired) electrons. The quantitative estimate of drug-likeness (QED) is 0.629. The summed E-state index contributed by atoms with van der Waals surface area (Å²) in [4.78, 5) is 4.23. The molecule has 0 saturated carbocycles. The fourth-order valence-corrected chi connectivity index (χ4v) is 2.37. The predicted molar refractivity (Wildman–Crippen MR) is 79.0 cm³/mol. The second-order valence-corrected chi connectivity index (χ2v) is 4.98. The van der Waals surface area contributed by atoms with Crippen molar-refractivity contribution < 1.29 is 8.81 Å². The Kier molecular flexibility index (Phi) is 2.78. The SMILES string of the molecule is CC(Nc1nc2cc(F)ccc2o1)c1nnc2ccccn12. The number of halogens is 1. The van der Waals surface area contributed by atoms with E-state index in [1.165, 1.54) is 12.1 Å². The standard InChI is InChI=1S/C15H12FN5O/c1-9(14-20-19-13-4-2-3-7-21(13)14)17-15-18-11-8-10(16)5-6-12(11)22-15/h2-9H,1H3,(H,17,18). The van der Waals surface area contributed by atoms with Gasteiger partial charge in [0.25, 0.3) is 6.01 Å². The van der Waals surface area contributed by atoms with Crippen molar-refractivity contribution in [2.24, 2.45) is 0 Å². The molecule has 1 unspecified atom stereocenters. The van der Waals surface area contributed by atoms with Gasteiger partial charge in [0.2, 0.25) is 0 Å². The fourth-order valence-electron chi connectivity index (χ4n) is 2.37. The Balaban J connectivity index is 1.66. The number of benzene rings is 1. The van der Waals surface area contributed by atoms with Gasteiger partial charge in [-0.25, -0.2) is 4.39 Å². The fraction of sp³-hybridized carbons (Fsp3) is 0.133. The van der Waals surface area contributed by atoms with Crippen LogP contribution in [-0.2, 0) is 0 Å². The Morgan fingerprint density at radius 2 is 2.14 bits per heavy atom. The topological polar surface area (TPSA) is 68.2 Å². The van der Waals surface area contributed by atoms with Crippen molar-refractivity contribution >= 4 is 22.8 Å². The number of aromatic nitrogens is 4. The first-order valence-corrected chi connectivity index (χ1v) is 6.83. The Labute approximate surface area is 124 Å². The Hall–Kier alpha value is -2.96. The first-order chi connectivity index (χ1) is 10.7. The van der Waals surface area contributed by atoms with Crippen LogP contribution in [0.1, 0.15) is 18.8 Å². The highest BCUT2D eigenvalue weighted by Gasteiger charge is 2.16. The third-order valence-corrected chi connectivity index (χ3v) is 3.42. The Morgan fingerprint density at radius 1 is 1.23 bits per heavy atom. The molecule has 3 aromatic heterocycles. The summed E-state index contributed by atoms with van der Waals surface area (Å²) in [7, 11) is 0. The highest BCUT2D eigenvalue weighted by atomic mass is 19.1. The minimum atomic E-state index is -0.344. The molecule has 6 nitrogen and oxygen atoms in total. The van der Waals surface area contributed by atoms with E-state index in [1.807, 2.05) is 35.7 Å². The minimum Gasteiger partial charge on any atom is -0.424 e. The summed E-state index contributed by atoms with van der Waals surface area (Å²) in [6.45, 7) is 1.93. The third-order valence-electron chi connectivity index (χ3n) is 3.42. The second kappa shape index (κ2) is 4.80.